The molecule has 1 N–H and O–H groups in total. The normalized spacial score (nSPS) is 42.0. The molecule has 0 amide bonds. The number of likely N-dealkylation sites (tertiary alicyclic amines) is 1. The molecule has 5 aliphatic rings. The number of unbranched alkanes of at least 4 members (excludes halogenated alkanes) is 1. The van der Waals surface area contributed by atoms with Gasteiger partial charge in [0.1, 0.15) is 0 Å². The first-order valence-corrected chi connectivity index (χ1v) is 17.3. The molecular weight excluding hydrogens is 474 g/mol. The molecule has 5 rings (SSSR count). The molecule has 8 atom stereocenters. The second kappa shape index (κ2) is 11.5. The third-order valence-corrected chi connectivity index (χ3v) is 13.0. The first-order valence-electron chi connectivity index (χ1n) is 17.3. The molecular formula is C37H63NO. The van der Waals surface area contributed by atoms with Crippen molar-refractivity contribution in [1.29, 1.82) is 0 Å². The van der Waals surface area contributed by atoms with Crippen molar-refractivity contribution in [2.75, 3.05) is 13.1 Å². The van der Waals surface area contributed by atoms with Crippen LogP contribution in [0.5, 0.6) is 0 Å². The lowest BCUT2D eigenvalue weighted by molar-refractivity contribution is -0.140. The minimum absolute atomic E-state index is 0.389. The molecule has 4 saturated carbocycles. The van der Waals surface area contributed by atoms with Gasteiger partial charge in [0.2, 0.25) is 0 Å². The number of allylic oxidation sites excluding steroid dienone is 2. The second-order valence-corrected chi connectivity index (χ2v) is 16.7. The van der Waals surface area contributed by atoms with Crippen molar-refractivity contribution in [2.24, 2.45) is 52.3 Å². The van der Waals surface area contributed by atoms with Gasteiger partial charge >= 0.3 is 0 Å². The van der Waals surface area contributed by atoms with E-state index in [1.165, 1.54) is 109 Å². The van der Waals surface area contributed by atoms with Crippen LogP contribution >= 0.6 is 0 Å². The van der Waals surface area contributed by atoms with Crippen LogP contribution in [-0.2, 0) is 0 Å². The van der Waals surface area contributed by atoms with Crippen molar-refractivity contribution in [2.45, 2.75) is 143 Å². The fourth-order valence-electron chi connectivity index (χ4n) is 11.1. The van der Waals surface area contributed by atoms with Crippen LogP contribution in [0.15, 0.2) is 23.9 Å². The van der Waals surface area contributed by atoms with Gasteiger partial charge in [0.05, 0.1) is 5.60 Å². The van der Waals surface area contributed by atoms with Gasteiger partial charge in [-0.25, -0.2) is 0 Å². The lowest BCUT2D eigenvalue weighted by Gasteiger charge is -2.63. The Labute approximate surface area is 242 Å². The standard InChI is InChI=1S/C37H63NO/c1-26(2)13-9-10-14-30-15-16-32-34-28(23-35(4,5)39)22-31-21-27(3)29(25-38-19-11-8-12-20-38)24-37(31,7)33(34)17-18-36(30,32)6/h25-26,28,30-34,39H,3,8-24H2,1-2,4-7H3/b29-25+. The quantitative estimate of drug-likeness (QED) is 0.311. The van der Waals surface area contributed by atoms with E-state index >= 15 is 0 Å². The first-order chi connectivity index (χ1) is 18.4. The molecule has 8 unspecified atom stereocenters. The molecule has 2 heteroatoms. The SMILES string of the molecule is C=C1CC2CC(CC(C)(C)O)C3C4CCC(CCCCC(C)C)C4(C)CCC3C2(C)C/C1=C\N1CCCCC1. The monoisotopic (exact) mass is 537 g/mol. The summed E-state index contributed by atoms with van der Waals surface area (Å²) in [6.45, 7) is 21.4. The Morgan fingerprint density at radius 2 is 1.74 bits per heavy atom. The van der Waals surface area contributed by atoms with E-state index in [0.29, 0.717) is 16.7 Å². The molecule has 222 valence electrons. The molecule has 0 spiro atoms. The van der Waals surface area contributed by atoms with Crippen LogP contribution in [0, 0.1) is 52.3 Å². The second-order valence-electron chi connectivity index (χ2n) is 16.7. The predicted octanol–water partition coefficient (Wildman–Crippen LogP) is 9.78. The van der Waals surface area contributed by atoms with Crippen LogP contribution in [0.4, 0.5) is 0 Å². The van der Waals surface area contributed by atoms with Gasteiger partial charge in [0, 0.05) is 19.3 Å². The van der Waals surface area contributed by atoms with Crippen LogP contribution in [0.3, 0.4) is 0 Å². The zero-order chi connectivity index (χ0) is 28.0. The summed E-state index contributed by atoms with van der Waals surface area (Å²) in [7, 11) is 0. The number of piperidine rings is 1. The van der Waals surface area contributed by atoms with Gasteiger partial charge in [-0.15, -0.1) is 0 Å². The third kappa shape index (κ3) is 6.08. The lowest BCUT2D eigenvalue weighted by atomic mass is 9.41. The molecule has 1 aliphatic heterocycles. The Morgan fingerprint density at radius 3 is 2.44 bits per heavy atom. The van der Waals surface area contributed by atoms with Gasteiger partial charge in [-0.05, 0) is 149 Å². The van der Waals surface area contributed by atoms with Crippen molar-refractivity contribution in [3.8, 4) is 0 Å². The van der Waals surface area contributed by atoms with Crippen LogP contribution in [0.2, 0.25) is 0 Å². The third-order valence-electron chi connectivity index (χ3n) is 13.0. The molecule has 0 aromatic rings. The van der Waals surface area contributed by atoms with Gasteiger partial charge in [-0.3, -0.25) is 0 Å². The predicted molar refractivity (Wildman–Crippen MR) is 166 cm³/mol. The van der Waals surface area contributed by atoms with Crippen LogP contribution in [-0.4, -0.2) is 28.7 Å². The molecule has 0 radical (unpaired) electrons. The maximum Gasteiger partial charge on any atom is 0.0594 e. The highest BCUT2D eigenvalue weighted by Crippen LogP contribution is 2.70. The summed E-state index contributed by atoms with van der Waals surface area (Å²) < 4.78 is 0. The van der Waals surface area contributed by atoms with Gasteiger partial charge < -0.3 is 10.0 Å². The van der Waals surface area contributed by atoms with E-state index in [1.807, 2.05) is 0 Å². The summed E-state index contributed by atoms with van der Waals surface area (Å²) in [6, 6.07) is 0. The molecule has 39 heavy (non-hydrogen) atoms. The van der Waals surface area contributed by atoms with E-state index in [2.05, 4.69) is 59.2 Å². The lowest BCUT2D eigenvalue weighted by Crippen LogP contribution is -2.57. The Morgan fingerprint density at radius 1 is 1.03 bits per heavy atom. The number of fused-ring (bicyclic) bond motifs is 5. The number of hydrogen-bond acceptors (Lipinski definition) is 2. The summed E-state index contributed by atoms with van der Waals surface area (Å²) in [5, 5.41) is 11.1. The summed E-state index contributed by atoms with van der Waals surface area (Å²) in [5.74, 6) is 5.61. The van der Waals surface area contributed by atoms with Gasteiger partial charge in [0.15, 0.2) is 0 Å². The smallest absolute Gasteiger partial charge is 0.0594 e. The molecule has 2 nitrogen and oxygen atoms in total. The minimum atomic E-state index is -0.573. The molecule has 5 fully saturated rings. The van der Waals surface area contributed by atoms with Crippen molar-refractivity contribution in [3.63, 3.8) is 0 Å². The average Bonchev–Trinajstić information content (AvgIpc) is 3.19. The van der Waals surface area contributed by atoms with Crippen LogP contribution in [0.1, 0.15) is 138 Å². The Bertz CT molecular complexity index is 890. The number of hydrogen-bond donors (Lipinski definition) is 1. The number of aliphatic hydroxyl groups is 1. The van der Waals surface area contributed by atoms with Crippen molar-refractivity contribution in [3.05, 3.63) is 23.9 Å². The Hall–Kier alpha value is -0.760. The summed E-state index contributed by atoms with van der Waals surface area (Å²) in [6.07, 6.45) is 22.8. The minimum Gasteiger partial charge on any atom is -0.390 e. The largest absolute Gasteiger partial charge is 0.390 e. The summed E-state index contributed by atoms with van der Waals surface area (Å²) in [5.41, 5.74) is 3.34. The molecule has 4 aliphatic carbocycles. The zero-order valence-corrected chi connectivity index (χ0v) is 26.7. The first kappa shape index (κ1) is 29.7. The highest BCUT2D eigenvalue weighted by atomic mass is 16.3. The molecule has 1 heterocycles. The number of nitrogens with zero attached hydrogens (tertiary/aromatic N) is 1. The highest BCUT2D eigenvalue weighted by molar-refractivity contribution is 5.34. The Balaban J connectivity index is 1.40. The van der Waals surface area contributed by atoms with Gasteiger partial charge in [-0.2, -0.15) is 0 Å². The van der Waals surface area contributed by atoms with Crippen LogP contribution in [0.25, 0.3) is 0 Å². The number of rotatable bonds is 8. The van der Waals surface area contributed by atoms with Gasteiger partial charge in [0.25, 0.3) is 0 Å². The van der Waals surface area contributed by atoms with E-state index in [-0.39, 0.29) is 0 Å². The maximum atomic E-state index is 11.1. The van der Waals surface area contributed by atoms with Crippen LogP contribution < -0.4 is 0 Å². The Kier molecular flexibility index (Phi) is 8.76. The van der Waals surface area contributed by atoms with E-state index in [1.54, 1.807) is 5.57 Å². The van der Waals surface area contributed by atoms with Gasteiger partial charge in [-0.1, -0.05) is 59.1 Å². The summed E-state index contributed by atoms with van der Waals surface area (Å²) >= 11 is 0. The average molecular weight is 538 g/mol. The molecule has 1 saturated heterocycles. The maximum absolute atomic E-state index is 11.1. The molecule has 0 bridgehead atoms. The van der Waals surface area contributed by atoms with E-state index in [9.17, 15) is 5.11 Å². The van der Waals surface area contributed by atoms with Crippen molar-refractivity contribution >= 4 is 0 Å². The van der Waals surface area contributed by atoms with E-state index in [4.69, 9.17) is 0 Å². The van der Waals surface area contributed by atoms with E-state index < -0.39 is 5.60 Å². The summed E-state index contributed by atoms with van der Waals surface area (Å²) in [4.78, 5) is 2.61. The van der Waals surface area contributed by atoms with Crippen molar-refractivity contribution in [1.82, 2.24) is 4.90 Å². The molecule has 0 aromatic heterocycles. The molecule has 0 aromatic carbocycles. The van der Waals surface area contributed by atoms with Crippen molar-refractivity contribution < 1.29 is 5.11 Å². The van der Waals surface area contributed by atoms with E-state index in [0.717, 1.165) is 41.9 Å². The topological polar surface area (TPSA) is 23.5 Å². The zero-order valence-electron chi connectivity index (χ0n) is 26.7. The fourth-order valence-corrected chi connectivity index (χ4v) is 11.1. The fraction of sp³-hybridized carbons (Fsp3) is 0.892. The highest BCUT2D eigenvalue weighted by Gasteiger charge is 2.62.